The average molecular weight is 340 g/mol. The number of carbonyl (C=O) groups is 1. The average Bonchev–Trinajstić information content (AvgIpc) is 3.20. The Labute approximate surface area is 143 Å². The van der Waals surface area contributed by atoms with Gasteiger partial charge in [0.1, 0.15) is 18.1 Å². The van der Waals surface area contributed by atoms with Crippen molar-refractivity contribution < 1.29 is 19.4 Å². The van der Waals surface area contributed by atoms with Gasteiger partial charge in [0.15, 0.2) is 17.3 Å². The number of rotatable bonds is 6. The van der Waals surface area contributed by atoms with Crippen LogP contribution in [-0.2, 0) is 0 Å². The van der Waals surface area contributed by atoms with Gasteiger partial charge >= 0.3 is 0 Å². The summed E-state index contributed by atoms with van der Waals surface area (Å²) >= 11 is 0. The predicted molar refractivity (Wildman–Crippen MR) is 88.0 cm³/mol. The monoisotopic (exact) mass is 340 g/mol. The van der Waals surface area contributed by atoms with E-state index < -0.39 is 11.9 Å². The molecule has 0 bridgehead atoms. The summed E-state index contributed by atoms with van der Waals surface area (Å²) in [6.45, 7) is 0. The fourth-order valence-corrected chi connectivity index (χ4v) is 2.53. The highest BCUT2D eigenvalue weighted by Gasteiger charge is 2.27. The van der Waals surface area contributed by atoms with Gasteiger partial charge in [-0.3, -0.25) is 4.79 Å². The first-order valence-electron chi connectivity index (χ1n) is 7.43. The topological polar surface area (TPSA) is 99.4 Å². The van der Waals surface area contributed by atoms with Gasteiger partial charge in [0.05, 0.1) is 19.8 Å². The molecule has 0 saturated carbocycles. The minimum absolute atomic E-state index is 0.210. The van der Waals surface area contributed by atoms with Crippen molar-refractivity contribution in [2.45, 2.75) is 6.10 Å². The Hall–Kier alpha value is -3.26. The van der Waals surface area contributed by atoms with Gasteiger partial charge in [0.2, 0.25) is 0 Å². The molecule has 1 unspecified atom stereocenters. The molecule has 8 heteroatoms. The van der Waals surface area contributed by atoms with E-state index in [0.29, 0.717) is 22.7 Å². The second-order valence-corrected chi connectivity index (χ2v) is 5.13. The van der Waals surface area contributed by atoms with Crippen molar-refractivity contribution in [1.29, 1.82) is 0 Å². The number of aliphatic hydroxyl groups excluding tert-OH is 1. The minimum Gasteiger partial charge on any atom is -0.493 e. The highest BCUT2D eigenvalue weighted by Crippen LogP contribution is 2.37. The van der Waals surface area contributed by atoms with E-state index in [1.54, 1.807) is 36.4 Å². The molecular weight excluding hydrogens is 324 g/mol. The molecule has 0 saturated heterocycles. The van der Waals surface area contributed by atoms with Crippen molar-refractivity contribution in [1.82, 2.24) is 20.2 Å². The van der Waals surface area contributed by atoms with Crippen LogP contribution in [0.5, 0.6) is 11.5 Å². The molecule has 0 amide bonds. The fraction of sp³-hybridized carbons (Fsp3) is 0.176. The number of aliphatic hydroxyl groups is 1. The molecule has 1 heterocycles. The summed E-state index contributed by atoms with van der Waals surface area (Å²) in [6.07, 6.45) is 0.0118. The van der Waals surface area contributed by atoms with Crippen LogP contribution in [0.2, 0.25) is 0 Å². The molecule has 3 aromatic rings. The number of benzene rings is 2. The van der Waals surface area contributed by atoms with Crippen molar-refractivity contribution in [3.63, 3.8) is 0 Å². The highest BCUT2D eigenvalue weighted by molar-refractivity contribution is 6.04. The first-order chi connectivity index (χ1) is 12.2. The Morgan fingerprint density at radius 2 is 1.88 bits per heavy atom. The van der Waals surface area contributed by atoms with Crippen LogP contribution in [0.25, 0.3) is 5.69 Å². The first-order valence-corrected chi connectivity index (χ1v) is 7.43. The number of ether oxygens (including phenoxy) is 2. The smallest absolute Gasteiger partial charge is 0.198 e. The van der Waals surface area contributed by atoms with Gasteiger partial charge < -0.3 is 14.6 Å². The molecule has 1 aromatic heterocycles. The number of methoxy groups -OCH3 is 2. The van der Waals surface area contributed by atoms with Crippen molar-refractivity contribution in [2.75, 3.05) is 14.2 Å². The van der Waals surface area contributed by atoms with Gasteiger partial charge in [-0.2, -0.15) is 4.68 Å². The van der Waals surface area contributed by atoms with Crippen molar-refractivity contribution in [3.8, 4) is 17.2 Å². The Morgan fingerprint density at radius 3 is 2.48 bits per heavy atom. The van der Waals surface area contributed by atoms with Crippen LogP contribution >= 0.6 is 0 Å². The van der Waals surface area contributed by atoms with Crippen LogP contribution in [-0.4, -0.2) is 45.3 Å². The Morgan fingerprint density at radius 1 is 1.12 bits per heavy atom. The number of tetrazole rings is 1. The summed E-state index contributed by atoms with van der Waals surface area (Å²) < 4.78 is 12.0. The standard InChI is InChI=1S/C17H16N4O4/c1-24-13-9-8-12(14(17(13)25-2)21-10-18-19-20-21)16(23)15(22)11-6-4-3-5-7-11/h3-10,15,22H,1-2H3. The molecule has 1 N–H and O–H groups in total. The van der Waals surface area contributed by atoms with Gasteiger partial charge in [0.25, 0.3) is 0 Å². The Kier molecular flexibility index (Phi) is 4.71. The quantitative estimate of drug-likeness (QED) is 0.680. The number of Topliss-reactive ketones (excluding diaryl/α,β-unsaturated/α-hetero) is 1. The normalized spacial score (nSPS) is 11.8. The summed E-state index contributed by atoms with van der Waals surface area (Å²) in [5, 5.41) is 21.5. The van der Waals surface area contributed by atoms with E-state index in [4.69, 9.17) is 9.47 Å². The molecule has 0 fully saturated rings. The van der Waals surface area contributed by atoms with E-state index in [2.05, 4.69) is 15.5 Å². The van der Waals surface area contributed by atoms with Crippen LogP contribution in [0.15, 0.2) is 48.8 Å². The van der Waals surface area contributed by atoms with Crippen molar-refractivity contribution in [3.05, 3.63) is 59.9 Å². The van der Waals surface area contributed by atoms with Crippen LogP contribution in [0.4, 0.5) is 0 Å². The van der Waals surface area contributed by atoms with E-state index in [9.17, 15) is 9.90 Å². The van der Waals surface area contributed by atoms with E-state index in [0.717, 1.165) is 0 Å². The van der Waals surface area contributed by atoms with E-state index >= 15 is 0 Å². The third kappa shape index (κ3) is 3.07. The van der Waals surface area contributed by atoms with Crippen molar-refractivity contribution >= 4 is 5.78 Å². The van der Waals surface area contributed by atoms with Gasteiger partial charge in [-0.05, 0) is 28.1 Å². The number of ketones is 1. The van der Waals surface area contributed by atoms with Gasteiger partial charge in [-0.25, -0.2) is 0 Å². The van der Waals surface area contributed by atoms with Crippen molar-refractivity contribution in [2.24, 2.45) is 0 Å². The lowest BCUT2D eigenvalue weighted by Gasteiger charge is -2.17. The van der Waals surface area contributed by atoms with Gasteiger partial charge in [-0.15, -0.1) is 5.10 Å². The maximum Gasteiger partial charge on any atom is 0.198 e. The summed E-state index contributed by atoms with van der Waals surface area (Å²) in [5.74, 6) is 0.206. The summed E-state index contributed by atoms with van der Waals surface area (Å²) in [5.41, 5.74) is 0.998. The molecule has 0 aliphatic carbocycles. The lowest BCUT2D eigenvalue weighted by atomic mass is 9.98. The lowest BCUT2D eigenvalue weighted by molar-refractivity contribution is 0.0747. The van der Waals surface area contributed by atoms with Crippen LogP contribution < -0.4 is 9.47 Å². The van der Waals surface area contributed by atoms with Gasteiger partial charge in [0, 0.05) is 0 Å². The fourth-order valence-electron chi connectivity index (χ4n) is 2.53. The Bertz CT molecular complexity index is 866. The molecule has 3 rings (SSSR count). The molecule has 25 heavy (non-hydrogen) atoms. The molecule has 128 valence electrons. The molecule has 2 aromatic carbocycles. The molecule has 1 atom stereocenters. The zero-order chi connectivity index (χ0) is 17.8. The molecule has 0 radical (unpaired) electrons. The molecule has 0 aliphatic rings. The second-order valence-electron chi connectivity index (χ2n) is 5.13. The van der Waals surface area contributed by atoms with Crippen LogP contribution in [0.3, 0.4) is 0 Å². The third-order valence-electron chi connectivity index (χ3n) is 3.73. The van der Waals surface area contributed by atoms with E-state index in [-0.39, 0.29) is 5.56 Å². The molecular formula is C17H16N4O4. The minimum atomic E-state index is -1.32. The van der Waals surface area contributed by atoms with E-state index in [1.165, 1.54) is 25.2 Å². The summed E-state index contributed by atoms with van der Waals surface area (Å²) in [4.78, 5) is 12.9. The number of hydrogen-bond donors (Lipinski definition) is 1. The predicted octanol–water partition coefficient (Wildman–Crippen LogP) is 1.60. The maximum atomic E-state index is 12.9. The van der Waals surface area contributed by atoms with Crippen LogP contribution in [0.1, 0.15) is 22.0 Å². The third-order valence-corrected chi connectivity index (χ3v) is 3.73. The number of hydrogen-bond acceptors (Lipinski definition) is 7. The number of aromatic nitrogens is 4. The zero-order valence-electron chi connectivity index (χ0n) is 13.7. The highest BCUT2D eigenvalue weighted by atomic mass is 16.5. The molecule has 0 spiro atoms. The number of nitrogens with zero attached hydrogens (tertiary/aromatic N) is 4. The molecule has 0 aliphatic heterocycles. The first kappa shape index (κ1) is 16.6. The Balaban J connectivity index is 2.14. The van der Waals surface area contributed by atoms with Gasteiger partial charge in [-0.1, -0.05) is 30.3 Å². The maximum absolute atomic E-state index is 12.9. The van der Waals surface area contributed by atoms with E-state index in [1.807, 2.05) is 6.07 Å². The van der Waals surface area contributed by atoms with Crippen LogP contribution in [0, 0.1) is 0 Å². The summed E-state index contributed by atoms with van der Waals surface area (Å²) in [6, 6.07) is 11.8. The second kappa shape index (κ2) is 7.10. The summed E-state index contributed by atoms with van der Waals surface area (Å²) in [7, 11) is 2.94. The molecule has 8 nitrogen and oxygen atoms in total. The largest absolute Gasteiger partial charge is 0.493 e. The SMILES string of the molecule is COc1ccc(C(=O)C(O)c2ccccc2)c(-n2cnnn2)c1OC. The lowest BCUT2D eigenvalue weighted by Crippen LogP contribution is -2.16. The number of carbonyl (C=O) groups excluding carboxylic acids is 1. The zero-order valence-corrected chi connectivity index (χ0v) is 13.7.